The summed E-state index contributed by atoms with van der Waals surface area (Å²) in [6.07, 6.45) is 1.68. The third-order valence-electron chi connectivity index (χ3n) is 3.96. The Morgan fingerprint density at radius 1 is 1.28 bits per heavy atom. The molecule has 2 atom stereocenters. The van der Waals surface area contributed by atoms with Crippen LogP contribution in [0.1, 0.15) is 26.7 Å². The molecule has 1 aromatic rings. The topological polar surface area (TPSA) is 122 Å². The summed E-state index contributed by atoms with van der Waals surface area (Å²) < 4.78 is 27.3. The van der Waals surface area contributed by atoms with Crippen molar-refractivity contribution in [3.8, 4) is 0 Å². The molecule has 0 aliphatic carbocycles. The molecule has 1 aliphatic heterocycles. The number of amides is 2. The summed E-state index contributed by atoms with van der Waals surface area (Å²) in [6.45, 7) is 3.91. The van der Waals surface area contributed by atoms with Crippen LogP contribution < -0.4 is 15.8 Å². The average molecular weight is 368 g/mol. The number of sulfonamides is 1. The molecule has 1 fully saturated rings. The predicted molar refractivity (Wildman–Crippen MR) is 94.3 cm³/mol. The molecule has 0 aromatic heterocycles. The molecule has 8 nitrogen and oxygen atoms in total. The van der Waals surface area contributed by atoms with E-state index >= 15 is 0 Å². The maximum atomic E-state index is 12.4. The van der Waals surface area contributed by atoms with E-state index in [-0.39, 0.29) is 22.8 Å². The molecule has 4 N–H and O–H groups in total. The maximum absolute atomic E-state index is 12.4. The van der Waals surface area contributed by atoms with Crippen molar-refractivity contribution in [3.63, 3.8) is 0 Å². The van der Waals surface area contributed by atoms with Crippen LogP contribution in [0, 0.1) is 0 Å². The van der Waals surface area contributed by atoms with Crippen molar-refractivity contribution in [2.45, 2.75) is 43.7 Å². The van der Waals surface area contributed by atoms with Gasteiger partial charge in [-0.3, -0.25) is 9.59 Å². The lowest BCUT2D eigenvalue weighted by atomic mass is 10.1. The van der Waals surface area contributed by atoms with Crippen molar-refractivity contribution >= 4 is 27.5 Å². The van der Waals surface area contributed by atoms with Gasteiger partial charge in [0.2, 0.25) is 21.8 Å². The second-order valence-electron chi connectivity index (χ2n) is 6.24. The van der Waals surface area contributed by atoms with Gasteiger partial charge in [-0.05, 0) is 44.0 Å². The van der Waals surface area contributed by atoms with Crippen LogP contribution in [0.5, 0.6) is 0 Å². The highest BCUT2D eigenvalue weighted by Crippen LogP contribution is 2.15. The van der Waals surface area contributed by atoms with E-state index < -0.39 is 16.1 Å². The molecular weight excluding hydrogens is 344 g/mol. The van der Waals surface area contributed by atoms with Crippen molar-refractivity contribution in [3.05, 3.63) is 24.3 Å². The highest BCUT2D eigenvalue weighted by Gasteiger charge is 2.28. The van der Waals surface area contributed by atoms with E-state index in [0.29, 0.717) is 18.8 Å². The van der Waals surface area contributed by atoms with Crippen LogP contribution in [0.25, 0.3) is 0 Å². The number of hydrogen-bond donors (Lipinski definition) is 3. The third kappa shape index (κ3) is 5.25. The first-order valence-corrected chi connectivity index (χ1v) is 9.61. The number of likely N-dealkylation sites (tertiary alicyclic amines) is 1. The molecule has 1 aliphatic rings. The molecule has 25 heavy (non-hydrogen) atoms. The molecule has 138 valence electrons. The van der Waals surface area contributed by atoms with E-state index in [0.717, 1.165) is 12.8 Å². The summed E-state index contributed by atoms with van der Waals surface area (Å²) in [5, 5.41) is 2.56. The summed E-state index contributed by atoms with van der Waals surface area (Å²) in [5.41, 5.74) is 6.37. The number of carbonyl (C=O) groups is 2. The summed E-state index contributed by atoms with van der Waals surface area (Å²) in [6, 6.07) is 4.79. The van der Waals surface area contributed by atoms with Crippen molar-refractivity contribution < 1.29 is 18.0 Å². The minimum atomic E-state index is -3.84. The van der Waals surface area contributed by atoms with Gasteiger partial charge in [0.25, 0.3) is 0 Å². The zero-order valence-corrected chi connectivity index (χ0v) is 15.2. The summed E-state index contributed by atoms with van der Waals surface area (Å²) in [5.74, 6) is -0.527. The molecule has 1 aromatic carbocycles. The Labute approximate surface area is 147 Å². The van der Waals surface area contributed by atoms with Gasteiger partial charge in [0.1, 0.15) is 0 Å². The number of rotatable bonds is 5. The minimum absolute atomic E-state index is 0.0246. The summed E-state index contributed by atoms with van der Waals surface area (Å²) in [4.78, 5) is 25.0. The van der Waals surface area contributed by atoms with Crippen LogP contribution in [0.4, 0.5) is 5.69 Å². The third-order valence-corrected chi connectivity index (χ3v) is 5.51. The Hall–Kier alpha value is -1.97. The van der Waals surface area contributed by atoms with E-state index in [1.165, 1.54) is 38.1 Å². The quantitative estimate of drug-likeness (QED) is 0.688. The molecule has 0 radical (unpaired) electrons. The van der Waals surface area contributed by atoms with E-state index in [1.807, 2.05) is 0 Å². The lowest BCUT2D eigenvalue weighted by Gasteiger charge is -2.32. The first kappa shape index (κ1) is 19.4. The smallest absolute Gasteiger partial charge is 0.241 e. The van der Waals surface area contributed by atoms with Crippen molar-refractivity contribution in [1.82, 2.24) is 9.62 Å². The van der Waals surface area contributed by atoms with E-state index in [1.54, 1.807) is 4.90 Å². The molecule has 2 unspecified atom stereocenters. The molecule has 1 heterocycles. The van der Waals surface area contributed by atoms with Crippen LogP contribution in [-0.2, 0) is 19.6 Å². The number of carbonyl (C=O) groups excluding carboxylic acids is 2. The number of nitrogens with two attached hydrogens (primary N) is 1. The van der Waals surface area contributed by atoms with Crippen molar-refractivity contribution in [2.24, 2.45) is 5.73 Å². The van der Waals surface area contributed by atoms with Crippen LogP contribution in [-0.4, -0.2) is 50.3 Å². The van der Waals surface area contributed by atoms with Crippen LogP contribution in [0.15, 0.2) is 29.2 Å². The van der Waals surface area contributed by atoms with Gasteiger partial charge in [0, 0.05) is 31.7 Å². The van der Waals surface area contributed by atoms with Gasteiger partial charge >= 0.3 is 0 Å². The maximum Gasteiger partial charge on any atom is 0.241 e. The summed E-state index contributed by atoms with van der Waals surface area (Å²) >= 11 is 0. The molecule has 0 saturated carbocycles. The second-order valence-corrected chi connectivity index (χ2v) is 7.95. The first-order valence-electron chi connectivity index (χ1n) is 8.13. The Morgan fingerprint density at radius 3 is 2.48 bits per heavy atom. The van der Waals surface area contributed by atoms with Gasteiger partial charge in [0.05, 0.1) is 10.9 Å². The average Bonchev–Trinajstić information content (AvgIpc) is 2.53. The number of anilines is 1. The fourth-order valence-corrected chi connectivity index (χ4v) is 3.95. The Bertz CT molecular complexity index is 733. The normalized spacial score (nSPS) is 19.3. The Morgan fingerprint density at radius 2 is 1.92 bits per heavy atom. The number of hydrogen-bond acceptors (Lipinski definition) is 5. The van der Waals surface area contributed by atoms with Crippen molar-refractivity contribution in [1.29, 1.82) is 0 Å². The zero-order chi connectivity index (χ0) is 18.6. The molecule has 1 saturated heterocycles. The predicted octanol–water partition coefficient (Wildman–Crippen LogP) is 0.262. The monoisotopic (exact) mass is 368 g/mol. The van der Waals surface area contributed by atoms with Gasteiger partial charge in [-0.2, -0.15) is 4.72 Å². The minimum Gasteiger partial charge on any atom is -0.340 e. The largest absolute Gasteiger partial charge is 0.340 e. The fourth-order valence-electron chi connectivity index (χ4n) is 2.76. The second kappa shape index (κ2) is 7.94. The lowest BCUT2D eigenvalue weighted by molar-refractivity contribution is -0.133. The fraction of sp³-hybridized carbons (Fsp3) is 0.500. The molecule has 2 amide bonds. The molecule has 0 spiro atoms. The number of piperidine rings is 1. The van der Waals surface area contributed by atoms with Gasteiger partial charge in [-0.15, -0.1) is 0 Å². The van der Waals surface area contributed by atoms with E-state index in [2.05, 4.69) is 10.0 Å². The lowest BCUT2D eigenvalue weighted by Crippen LogP contribution is -2.52. The van der Waals surface area contributed by atoms with E-state index in [9.17, 15) is 18.0 Å². The van der Waals surface area contributed by atoms with Crippen LogP contribution in [0.2, 0.25) is 0 Å². The van der Waals surface area contributed by atoms with Gasteiger partial charge in [-0.25, -0.2) is 8.42 Å². The van der Waals surface area contributed by atoms with Gasteiger partial charge in [-0.1, -0.05) is 0 Å². The zero-order valence-electron chi connectivity index (χ0n) is 14.4. The highest BCUT2D eigenvalue weighted by molar-refractivity contribution is 7.89. The number of benzene rings is 1. The standard InChI is InChI=1S/C16H24N4O4S/c1-11(16(22)20-9-3-4-13(17)10-20)19-25(23,24)15-7-5-14(6-8-15)18-12(2)21/h5-8,11,13,19H,3-4,9-10,17H2,1-2H3,(H,18,21). The molecular formula is C16H24N4O4S. The van der Waals surface area contributed by atoms with Gasteiger partial charge < -0.3 is 16.0 Å². The Kier molecular flexibility index (Phi) is 6.15. The number of nitrogens with one attached hydrogen (secondary N) is 2. The molecule has 0 bridgehead atoms. The Balaban J connectivity index is 2.04. The van der Waals surface area contributed by atoms with E-state index in [4.69, 9.17) is 5.73 Å². The highest BCUT2D eigenvalue weighted by atomic mass is 32.2. The number of nitrogens with zero attached hydrogens (tertiary/aromatic N) is 1. The van der Waals surface area contributed by atoms with Crippen LogP contribution >= 0.6 is 0 Å². The molecule has 2 rings (SSSR count). The van der Waals surface area contributed by atoms with Crippen molar-refractivity contribution in [2.75, 3.05) is 18.4 Å². The molecule has 9 heteroatoms. The SMILES string of the molecule is CC(=O)Nc1ccc(S(=O)(=O)NC(C)C(=O)N2CCCC(N)C2)cc1. The first-order chi connectivity index (χ1) is 11.7. The van der Waals surface area contributed by atoms with Gasteiger partial charge in [0.15, 0.2) is 0 Å². The van der Waals surface area contributed by atoms with Crippen LogP contribution in [0.3, 0.4) is 0 Å². The summed E-state index contributed by atoms with van der Waals surface area (Å²) in [7, 11) is -3.84.